The standard InChI is InChI=1S/C9H12F3NOS/c1-14-8-7-13(15(10,11)12)9-5-3-2-4-6-9/h2-6H,7-8H2,1H3. The van der Waals surface area contributed by atoms with Gasteiger partial charge in [0.1, 0.15) is 0 Å². The third-order valence-corrected chi connectivity index (χ3v) is 2.69. The van der Waals surface area contributed by atoms with Gasteiger partial charge >= 0.3 is 11.4 Å². The van der Waals surface area contributed by atoms with Gasteiger partial charge in [-0.3, -0.25) is 4.31 Å². The highest BCUT2D eigenvalue weighted by molar-refractivity contribution is 8.22. The summed E-state index contributed by atoms with van der Waals surface area (Å²) >= 11 is -5.24. The zero-order valence-corrected chi connectivity index (χ0v) is 9.02. The summed E-state index contributed by atoms with van der Waals surface area (Å²) in [6.45, 7) is -0.110. The number of ether oxygens (including phenoxy) is 1. The third kappa shape index (κ3) is 3.64. The first-order chi connectivity index (χ1) is 7.05. The minimum absolute atomic E-state index is 0.0569. The summed E-state index contributed by atoms with van der Waals surface area (Å²) in [4.78, 5) is 0. The number of nitrogens with zero attached hydrogens (tertiary/aromatic N) is 1. The van der Waals surface area contributed by atoms with Crippen molar-refractivity contribution in [2.24, 2.45) is 0 Å². The fourth-order valence-corrected chi connectivity index (χ4v) is 1.76. The lowest BCUT2D eigenvalue weighted by atomic mass is 10.3. The van der Waals surface area contributed by atoms with Crippen molar-refractivity contribution < 1.29 is 16.4 Å². The number of methoxy groups -OCH3 is 1. The molecule has 2 nitrogen and oxygen atoms in total. The smallest absolute Gasteiger partial charge is 0.302 e. The number of hydrogen-bond acceptors (Lipinski definition) is 2. The summed E-state index contributed by atoms with van der Waals surface area (Å²) in [5, 5.41) is 0. The summed E-state index contributed by atoms with van der Waals surface area (Å²) < 4.78 is 43.2. The molecule has 0 fully saturated rings. The van der Waals surface area contributed by atoms with Crippen molar-refractivity contribution in [2.75, 3.05) is 24.6 Å². The number of para-hydroxylation sites is 1. The minimum Gasteiger partial charge on any atom is -0.383 e. The molecule has 0 unspecified atom stereocenters. The molecular weight excluding hydrogens is 227 g/mol. The largest absolute Gasteiger partial charge is 0.383 e. The molecule has 0 aromatic heterocycles. The van der Waals surface area contributed by atoms with Crippen LogP contribution in [0.5, 0.6) is 0 Å². The molecule has 0 aliphatic carbocycles. The molecule has 1 aromatic carbocycles. The Balaban J connectivity index is 2.82. The van der Waals surface area contributed by atoms with Gasteiger partial charge in [-0.2, -0.15) is 0 Å². The maximum Gasteiger partial charge on any atom is 0.302 e. The highest BCUT2D eigenvalue weighted by atomic mass is 32.3. The Hall–Kier alpha value is -0.880. The molecule has 0 saturated carbocycles. The summed E-state index contributed by atoms with van der Waals surface area (Å²) in [7, 11) is 1.38. The van der Waals surface area contributed by atoms with Crippen LogP contribution in [-0.4, -0.2) is 20.3 Å². The van der Waals surface area contributed by atoms with Crippen LogP contribution in [0.15, 0.2) is 30.3 Å². The molecule has 0 bridgehead atoms. The monoisotopic (exact) mass is 239 g/mol. The van der Waals surface area contributed by atoms with Gasteiger partial charge in [-0.15, -0.1) is 11.7 Å². The molecule has 0 saturated heterocycles. The van der Waals surface area contributed by atoms with Crippen LogP contribution in [0.1, 0.15) is 0 Å². The molecule has 0 radical (unpaired) electrons. The summed E-state index contributed by atoms with van der Waals surface area (Å²) in [6, 6.07) is 7.73. The molecule has 6 heteroatoms. The fraction of sp³-hybridized carbons (Fsp3) is 0.333. The predicted molar refractivity (Wildman–Crippen MR) is 56.6 cm³/mol. The van der Waals surface area contributed by atoms with E-state index in [4.69, 9.17) is 0 Å². The lowest BCUT2D eigenvalue weighted by Gasteiger charge is -2.28. The van der Waals surface area contributed by atoms with Gasteiger partial charge in [-0.1, -0.05) is 18.2 Å². The Kier molecular flexibility index (Phi) is 4.28. The molecule has 0 spiro atoms. The molecule has 86 valence electrons. The van der Waals surface area contributed by atoms with E-state index in [0.29, 0.717) is 4.31 Å². The van der Waals surface area contributed by atoms with Gasteiger partial charge in [-0.25, -0.2) is 0 Å². The van der Waals surface area contributed by atoms with Crippen LogP contribution in [0.3, 0.4) is 0 Å². The number of hydrogen-bond donors (Lipinski definition) is 0. The Bertz CT molecular complexity index is 291. The minimum atomic E-state index is -5.24. The van der Waals surface area contributed by atoms with E-state index >= 15 is 0 Å². The lowest BCUT2D eigenvalue weighted by molar-refractivity contribution is 0.208. The quantitative estimate of drug-likeness (QED) is 0.779. The van der Waals surface area contributed by atoms with Gasteiger partial charge < -0.3 is 4.74 Å². The fourth-order valence-electron chi connectivity index (χ4n) is 1.12. The SMILES string of the molecule is COCCN(c1ccccc1)S(F)(F)F. The van der Waals surface area contributed by atoms with Crippen LogP contribution in [-0.2, 0) is 4.74 Å². The Morgan fingerprint density at radius 2 is 1.80 bits per heavy atom. The van der Waals surface area contributed by atoms with E-state index in [1.807, 2.05) is 0 Å². The molecule has 0 N–H and O–H groups in total. The highest BCUT2D eigenvalue weighted by Crippen LogP contribution is 2.57. The van der Waals surface area contributed by atoms with Crippen molar-refractivity contribution in [1.29, 1.82) is 0 Å². The van der Waals surface area contributed by atoms with E-state index in [2.05, 4.69) is 4.74 Å². The van der Waals surface area contributed by atoms with Gasteiger partial charge in [-0.05, 0) is 12.1 Å². The van der Waals surface area contributed by atoms with Crippen molar-refractivity contribution in [3.05, 3.63) is 30.3 Å². The molecule has 1 aromatic rings. The topological polar surface area (TPSA) is 12.5 Å². The molecule has 0 amide bonds. The second-order valence-corrected chi connectivity index (χ2v) is 4.02. The average Bonchev–Trinajstić information content (AvgIpc) is 2.18. The van der Waals surface area contributed by atoms with E-state index < -0.39 is 11.4 Å². The molecule has 0 atom stereocenters. The van der Waals surface area contributed by atoms with Crippen LogP contribution in [0.2, 0.25) is 0 Å². The first kappa shape index (κ1) is 12.2. The maximum atomic E-state index is 12.7. The normalized spacial score (nSPS) is 12.5. The second kappa shape index (κ2) is 5.27. The predicted octanol–water partition coefficient (Wildman–Crippen LogP) is 3.51. The van der Waals surface area contributed by atoms with Crippen molar-refractivity contribution in [1.82, 2.24) is 0 Å². The van der Waals surface area contributed by atoms with Crippen LogP contribution in [0.25, 0.3) is 0 Å². The molecule has 0 aliphatic heterocycles. The number of anilines is 1. The Labute approximate surface area is 89.0 Å². The molecular formula is C9H12F3NOS. The second-order valence-electron chi connectivity index (χ2n) is 2.81. The van der Waals surface area contributed by atoms with E-state index in [-0.39, 0.29) is 18.8 Å². The average molecular weight is 239 g/mol. The van der Waals surface area contributed by atoms with Gasteiger partial charge in [0.25, 0.3) is 0 Å². The first-order valence-corrected chi connectivity index (χ1v) is 5.58. The molecule has 1 rings (SSSR count). The van der Waals surface area contributed by atoms with E-state index in [1.165, 1.54) is 19.2 Å². The lowest BCUT2D eigenvalue weighted by Crippen LogP contribution is -2.24. The summed E-state index contributed by atoms with van der Waals surface area (Å²) in [5.74, 6) is 0. The van der Waals surface area contributed by atoms with Crippen molar-refractivity contribution >= 4 is 17.1 Å². The van der Waals surface area contributed by atoms with Gasteiger partial charge in [0, 0.05) is 7.11 Å². The van der Waals surface area contributed by atoms with Crippen LogP contribution >= 0.6 is 11.4 Å². The van der Waals surface area contributed by atoms with E-state index in [0.717, 1.165) is 0 Å². The van der Waals surface area contributed by atoms with Crippen molar-refractivity contribution in [2.45, 2.75) is 0 Å². The van der Waals surface area contributed by atoms with Gasteiger partial charge in [0.2, 0.25) is 0 Å². The Morgan fingerprint density at radius 1 is 1.20 bits per heavy atom. The van der Waals surface area contributed by atoms with E-state index in [9.17, 15) is 11.7 Å². The zero-order chi connectivity index (χ0) is 11.3. The van der Waals surface area contributed by atoms with Gasteiger partial charge in [0.05, 0.1) is 18.8 Å². The first-order valence-electron chi connectivity index (χ1n) is 4.29. The van der Waals surface area contributed by atoms with Crippen LogP contribution in [0, 0.1) is 0 Å². The third-order valence-electron chi connectivity index (χ3n) is 1.79. The molecule has 0 heterocycles. The highest BCUT2D eigenvalue weighted by Gasteiger charge is 2.31. The van der Waals surface area contributed by atoms with Crippen molar-refractivity contribution in [3.63, 3.8) is 0 Å². The van der Waals surface area contributed by atoms with Crippen LogP contribution in [0.4, 0.5) is 17.3 Å². The molecule has 0 aliphatic rings. The van der Waals surface area contributed by atoms with Crippen molar-refractivity contribution in [3.8, 4) is 0 Å². The van der Waals surface area contributed by atoms with E-state index in [1.54, 1.807) is 18.2 Å². The summed E-state index contributed by atoms with van der Waals surface area (Å²) in [5.41, 5.74) is 0.164. The zero-order valence-electron chi connectivity index (χ0n) is 8.20. The summed E-state index contributed by atoms with van der Waals surface area (Å²) in [6.07, 6.45) is 0. The van der Waals surface area contributed by atoms with Gasteiger partial charge in [0.15, 0.2) is 0 Å². The maximum absolute atomic E-state index is 12.7. The number of halogens is 3. The molecule has 15 heavy (non-hydrogen) atoms. The van der Waals surface area contributed by atoms with Crippen LogP contribution < -0.4 is 4.31 Å². The number of benzene rings is 1. The number of rotatable bonds is 5. The Morgan fingerprint density at radius 3 is 2.27 bits per heavy atom.